The molecule has 1 aromatic rings. The highest BCUT2D eigenvalue weighted by Gasteiger charge is 2.27. The molecule has 1 aliphatic carbocycles. The van der Waals surface area contributed by atoms with Crippen molar-refractivity contribution < 1.29 is 4.79 Å². The maximum Gasteiger partial charge on any atom is 0.265 e. The Morgan fingerprint density at radius 1 is 1.50 bits per heavy atom. The normalized spacial score (nSPS) is 23.9. The van der Waals surface area contributed by atoms with Crippen LogP contribution in [0.5, 0.6) is 0 Å². The molecule has 0 radical (unpaired) electrons. The third-order valence-corrected chi connectivity index (χ3v) is 5.12. The zero-order valence-electron chi connectivity index (χ0n) is 10.5. The molecule has 0 aromatic carbocycles. The summed E-state index contributed by atoms with van der Waals surface area (Å²) in [6.45, 7) is 2.00. The molecule has 1 aromatic heterocycles. The van der Waals surface area contributed by atoms with Crippen LogP contribution in [-0.4, -0.2) is 26.9 Å². The van der Waals surface area contributed by atoms with Crippen molar-refractivity contribution in [3.63, 3.8) is 0 Å². The minimum absolute atomic E-state index is 0.000278. The molecular formula is C12H18BrN3OS. The van der Waals surface area contributed by atoms with E-state index in [4.69, 9.17) is 0 Å². The molecule has 1 amide bonds. The van der Waals surface area contributed by atoms with E-state index in [9.17, 15) is 4.79 Å². The minimum atomic E-state index is -0.000278. The van der Waals surface area contributed by atoms with E-state index in [0.29, 0.717) is 10.8 Å². The van der Waals surface area contributed by atoms with E-state index < -0.39 is 0 Å². The third-order valence-electron chi connectivity index (χ3n) is 3.52. The van der Waals surface area contributed by atoms with Gasteiger partial charge in [0, 0.05) is 11.4 Å². The third kappa shape index (κ3) is 3.09. The summed E-state index contributed by atoms with van der Waals surface area (Å²) in [6.07, 6.45) is 5.50. The molecular weight excluding hydrogens is 314 g/mol. The highest BCUT2D eigenvalue weighted by molar-refractivity contribution is 9.09. The van der Waals surface area contributed by atoms with Crippen LogP contribution < -0.4 is 5.32 Å². The van der Waals surface area contributed by atoms with E-state index in [0.717, 1.165) is 23.9 Å². The van der Waals surface area contributed by atoms with E-state index >= 15 is 0 Å². The number of aromatic nitrogens is 2. The van der Waals surface area contributed by atoms with Crippen LogP contribution in [0.4, 0.5) is 0 Å². The van der Waals surface area contributed by atoms with Gasteiger partial charge < -0.3 is 5.32 Å². The Kier molecular flexibility index (Phi) is 5.12. The second-order valence-electron chi connectivity index (χ2n) is 4.68. The highest BCUT2D eigenvalue weighted by Crippen LogP contribution is 2.26. The van der Waals surface area contributed by atoms with Crippen LogP contribution in [0.1, 0.15) is 48.0 Å². The molecule has 18 heavy (non-hydrogen) atoms. The standard InChI is InChI=1S/C12H18BrN3OS/c1-2-9-11(18-16-15-9)12(17)14-10-6-4-3-5-8(10)7-13/h8,10H,2-7H2,1H3,(H,14,17). The maximum atomic E-state index is 12.2. The van der Waals surface area contributed by atoms with Crippen molar-refractivity contribution in [1.29, 1.82) is 0 Å². The number of carbonyl (C=O) groups excluding carboxylic acids is 1. The first-order valence-electron chi connectivity index (χ1n) is 6.44. The van der Waals surface area contributed by atoms with Gasteiger partial charge in [-0.25, -0.2) is 0 Å². The molecule has 2 rings (SSSR count). The van der Waals surface area contributed by atoms with Crippen LogP contribution in [0.2, 0.25) is 0 Å². The zero-order chi connectivity index (χ0) is 13.0. The summed E-state index contributed by atoms with van der Waals surface area (Å²) in [5.41, 5.74) is 0.809. The number of amides is 1. The van der Waals surface area contributed by atoms with Gasteiger partial charge in [-0.15, -0.1) is 5.10 Å². The number of hydrogen-bond acceptors (Lipinski definition) is 4. The Labute approximate surface area is 120 Å². The Morgan fingerprint density at radius 2 is 2.28 bits per heavy atom. The first-order chi connectivity index (χ1) is 8.76. The smallest absolute Gasteiger partial charge is 0.265 e. The number of hydrogen-bond donors (Lipinski definition) is 1. The average Bonchev–Trinajstić information content (AvgIpc) is 2.87. The van der Waals surface area contributed by atoms with E-state index in [1.54, 1.807) is 0 Å². The van der Waals surface area contributed by atoms with Gasteiger partial charge in [0.15, 0.2) is 0 Å². The van der Waals surface area contributed by atoms with Crippen LogP contribution in [0.3, 0.4) is 0 Å². The molecule has 0 aliphatic heterocycles. The van der Waals surface area contributed by atoms with Gasteiger partial charge in [0.1, 0.15) is 4.88 Å². The van der Waals surface area contributed by atoms with Gasteiger partial charge in [-0.05, 0) is 36.7 Å². The molecule has 2 unspecified atom stereocenters. The molecule has 1 saturated carbocycles. The molecule has 0 bridgehead atoms. The fourth-order valence-electron chi connectivity index (χ4n) is 2.43. The van der Waals surface area contributed by atoms with E-state index in [2.05, 4.69) is 30.8 Å². The summed E-state index contributed by atoms with van der Waals surface area (Å²) in [6, 6.07) is 0.289. The lowest BCUT2D eigenvalue weighted by molar-refractivity contribution is 0.0914. The number of halogens is 1. The lowest BCUT2D eigenvalue weighted by atomic mass is 9.86. The molecule has 1 N–H and O–H groups in total. The van der Waals surface area contributed by atoms with Crippen molar-refractivity contribution in [2.24, 2.45) is 5.92 Å². The number of nitrogens with one attached hydrogen (secondary N) is 1. The average molecular weight is 332 g/mol. The van der Waals surface area contributed by atoms with Crippen molar-refractivity contribution in [1.82, 2.24) is 14.9 Å². The first-order valence-corrected chi connectivity index (χ1v) is 8.33. The molecule has 100 valence electrons. The monoisotopic (exact) mass is 331 g/mol. The Morgan fingerprint density at radius 3 is 3.00 bits per heavy atom. The largest absolute Gasteiger partial charge is 0.348 e. The molecule has 0 saturated heterocycles. The van der Waals surface area contributed by atoms with Gasteiger partial charge in [0.2, 0.25) is 0 Å². The number of aryl methyl sites for hydroxylation is 1. The Bertz CT molecular complexity index is 410. The second kappa shape index (κ2) is 6.61. The highest BCUT2D eigenvalue weighted by atomic mass is 79.9. The number of alkyl halides is 1. The fraction of sp³-hybridized carbons (Fsp3) is 0.750. The summed E-state index contributed by atoms with van der Waals surface area (Å²) < 4.78 is 3.87. The molecule has 2 atom stereocenters. The lowest BCUT2D eigenvalue weighted by Gasteiger charge is -2.30. The van der Waals surface area contributed by atoms with Crippen LogP contribution in [0.15, 0.2) is 0 Å². The zero-order valence-corrected chi connectivity index (χ0v) is 12.9. The molecule has 1 fully saturated rings. The summed E-state index contributed by atoms with van der Waals surface area (Å²) in [7, 11) is 0. The van der Waals surface area contributed by atoms with Crippen molar-refractivity contribution in [2.75, 3.05) is 5.33 Å². The topological polar surface area (TPSA) is 54.9 Å². The summed E-state index contributed by atoms with van der Waals surface area (Å²) in [5.74, 6) is 0.549. The summed E-state index contributed by atoms with van der Waals surface area (Å²) in [5, 5.41) is 8.10. The predicted molar refractivity (Wildman–Crippen MR) is 76.3 cm³/mol. The first kappa shape index (κ1) is 13.9. The van der Waals surface area contributed by atoms with Crippen molar-refractivity contribution in [3.05, 3.63) is 10.6 Å². The summed E-state index contributed by atoms with van der Waals surface area (Å²) >= 11 is 4.74. The predicted octanol–water partition coefficient (Wildman–Crippen LogP) is 2.78. The van der Waals surface area contributed by atoms with E-state index in [1.807, 2.05) is 6.92 Å². The summed E-state index contributed by atoms with van der Waals surface area (Å²) in [4.78, 5) is 12.9. The number of nitrogens with zero attached hydrogens (tertiary/aromatic N) is 2. The van der Waals surface area contributed by atoms with E-state index in [-0.39, 0.29) is 11.9 Å². The Hall–Kier alpha value is -0.490. The molecule has 0 spiro atoms. The van der Waals surface area contributed by atoms with Crippen LogP contribution in [0, 0.1) is 5.92 Å². The van der Waals surface area contributed by atoms with Gasteiger partial charge in [-0.1, -0.05) is 40.2 Å². The van der Waals surface area contributed by atoms with Crippen LogP contribution in [0.25, 0.3) is 0 Å². The fourth-order valence-corrected chi connectivity index (χ4v) is 3.86. The second-order valence-corrected chi connectivity index (χ2v) is 6.08. The van der Waals surface area contributed by atoms with Crippen LogP contribution >= 0.6 is 27.5 Å². The number of carbonyl (C=O) groups is 1. The quantitative estimate of drug-likeness (QED) is 0.863. The molecule has 6 heteroatoms. The molecule has 4 nitrogen and oxygen atoms in total. The lowest BCUT2D eigenvalue weighted by Crippen LogP contribution is -2.42. The minimum Gasteiger partial charge on any atom is -0.348 e. The van der Waals surface area contributed by atoms with Gasteiger partial charge in [0.25, 0.3) is 5.91 Å². The van der Waals surface area contributed by atoms with Crippen molar-refractivity contribution in [2.45, 2.75) is 45.1 Å². The van der Waals surface area contributed by atoms with Gasteiger partial charge >= 0.3 is 0 Å². The van der Waals surface area contributed by atoms with Crippen molar-refractivity contribution in [3.8, 4) is 0 Å². The van der Waals surface area contributed by atoms with Gasteiger partial charge in [-0.3, -0.25) is 4.79 Å². The van der Waals surface area contributed by atoms with Crippen molar-refractivity contribution >= 4 is 33.4 Å². The number of rotatable bonds is 4. The van der Waals surface area contributed by atoms with E-state index in [1.165, 1.54) is 30.8 Å². The maximum absolute atomic E-state index is 12.2. The van der Waals surface area contributed by atoms with Crippen LogP contribution in [-0.2, 0) is 6.42 Å². The SMILES string of the molecule is CCc1nnsc1C(=O)NC1CCCCC1CBr. The molecule has 1 heterocycles. The Balaban J connectivity index is 2.02. The van der Waals surface area contributed by atoms with Gasteiger partial charge in [-0.2, -0.15) is 0 Å². The van der Waals surface area contributed by atoms with Gasteiger partial charge in [0.05, 0.1) is 5.69 Å². The molecule has 1 aliphatic rings.